The predicted molar refractivity (Wildman–Crippen MR) is 191 cm³/mol. The van der Waals surface area contributed by atoms with Crippen molar-refractivity contribution in [3.05, 3.63) is 70.2 Å². The lowest BCUT2D eigenvalue weighted by Crippen LogP contribution is -2.35. The molecule has 1 aliphatic heterocycles. The summed E-state index contributed by atoms with van der Waals surface area (Å²) in [5, 5.41) is 3.91. The Kier molecular flexibility index (Phi) is 11.4. The zero-order chi connectivity index (χ0) is 34.6. The summed E-state index contributed by atoms with van der Waals surface area (Å²) in [7, 11) is 1.79. The lowest BCUT2D eigenvalue weighted by molar-refractivity contribution is -0.119. The molecule has 0 radical (unpaired) electrons. The van der Waals surface area contributed by atoms with Crippen molar-refractivity contribution in [3.63, 3.8) is 0 Å². The molecule has 1 amide bonds. The number of hydrogen-bond donors (Lipinski definition) is 2. The lowest BCUT2D eigenvalue weighted by atomic mass is 9.98. The third kappa shape index (κ3) is 7.97. The molecule has 1 saturated heterocycles. The van der Waals surface area contributed by atoms with Gasteiger partial charge in [0.05, 0.1) is 69.8 Å². The monoisotopic (exact) mass is 710 g/mol. The van der Waals surface area contributed by atoms with Crippen molar-refractivity contribution in [3.8, 4) is 45.4 Å². The number of methoxy groups -OCH3 is 2. The molecule has 13 heteroatoms. The number of amides is 1. The minimum absolute atomic E-state index is 0.117. The Morgan fingerprint density at radius 2 is 1.50 bits per heavy atom. The molecule has 3 atom stereocenters. The van der Waals surface area contributed by atoms with Gasteiger partial charge in [-0.05, 0) is 53.4 Å². The average molecular weight is 712 g/mol. The molecule has 3 heterocycles. The summed E-state index contributed by atoms with van der Waals surface area (Å²) in [6.07, 6.45) is 7.21. The third-order valence-electron chi connectivity index (χ3n) is 8.11. The first-order valence-electron chi connectivity index (χ1n) is 15.8. The van der Waals surface area contributed by atoms with E-state index in [1.165, 1.54) is 7.11 Å². The predicted octanol–water partition coefficient (Wildman–Crippen LogP) is 7.31. The normalized spacial score (nSPS) is 16.0. The number of nitrogens with one attached hydrogen (secondary N) is 2. The summed E-state index contributed by atoms with van der Waals surface area (Å²) in [4.78, 5) is 30.3. The van der Waals surface area contributed by atoms with Gasteiger partial charge in [-0.25, -0.2) is 18.9 Å². The van der Waals surface area contributed by atoms with Gasteiger partial charge in [0, 0.05) is 34.7 Å². The largest absolute Gasteiger partial charge is 0.480 e. The van der Waals surface area contributed by atoms with Crippen molar-refractivity contribution in [1.82, 2.24) is 30.0 Å². The molecular formula is C35H40Cl2N6O4S. The molecule has 1 fully saturated rings. The number of carbonyl (C=O) groups excluding carboxylic acids is 1. The number of aryl methyl sites for hydroxylation is 1. The molecule has 254 valence electrons. The Morgan fingerprint density at radius 3 is 2.04 bits per heavy atom. The third-order valence-corrected chi connectivity index (χ3v) is 10.6. The summed E-state index contributed by atoms with van der Waals surface area (Å²) in [5.41, 5.74) is 5.12. The number of carbonyl (C=O) groups is 1. The highest BCUT2D eigenvalue weighted by Crippen LogP contribution is 2.42. The number of rotatable bonds is 12. The summed E-state index contributed by atoms with van der Waals surface area (Å²) in [6.45, 7) is 7.56. The van der Waals surface area contributed by atoms with Crippen LogP contribution in [0.4, 0.5) is 0 Å². The van der Waals surface area contributed by atoms with Gasteiger partial charge in [0.2, 0.25) is 17.7 Å². The van der Waals surface area contributed by atoms with E-state index in [-0.39, 0.29) is 18.0 Å². The maximum absolute atomic E-state index is 12.7. The van der Waals surface area contributed by atoms with Crippen LogP contribution in [0.2, 0.25) is 10.0 Å². The van der Waals surface area contributed by atoms with Crippen molar-refractivity contribution in [2.45, 2.75) is 76.6 Å². The average Bonchev–Trinajstić information content (AvgIpc) is 3.49. The Balaban J connectivity index is 1.40. The fraction of sp³-hybridized carbons (Fsp3) is 0.400. The van der Waals surface area contributed by atoms with E-state index in [2.05, 4.69) is 20.0 Å². The van der Waals surface area contributed by atoms with Gasteiger partial charge in [-0.1, -0.05) is 59.6 Å². The van der Waals surface area contributed by atoms with Crippen molar-refractivity contribution >= 4 is 40.1 Å². The summed E-state index contributed by atoms with van der Waals surface area (Å²) in [6, 6.07) is 11.2. The standard InChI is InChI=1S/C35H40Cl2N6O4S/c1-20(43-48(45)35(2,3)4)32-34(47-6)42-28(19-39-32)25-14-9-12-23(31(25)37)22-11-8-13-24(30(22)36)27-18-38-26(33(41-27)46-5)15-7-10-21-16-17-29(44)40-21/h8-9,11-14,18-21,43H,7,10,15-17H2,1-6H3,(H,40,44)/t20-,21-,48-/m1/s1. The summed E-state index contributed by atoms with van der Waals surface area (Å²) >= 11 is 14.1. The maximum Gasteiger partial charge on any atom is 0.237 e. The Hall–Kier alpha value is -3.64. The molecule has 4 aromatic rings. The van der Waals surface area contributed by atoms with Crippen molar-refractivity contribution in [1.29, 1.82) is 0 Å². The first-order chi connectivity index (χ1) is 22.9. The smallest absolute Gasteiger partial charge is 0.237 e. The number of halogens is 2. The molecule has 1 aliphatic rings. The first-order valence-corrected chi connectivity index (χ1v) is 17.7. The molecule has 2 aromatic heterocycles. The molecule has 0 unspecified atom stereocenters. The molecule has 5 rings (SSSR count). The Morgan fingerprint density at radius 1 is 0.938 bits per heavy atom. The molecule has 0 saturated carbocycles. The maximum atomic E-state index is 12.7. The van der Waals surface area contributed by atoms with Gasteiger partial charge in [0.1, 0.15) is 11.4 Å². The second-order valence-corrected chi connectivity index (χ2v) is 15.4. The lowest BCUT2D eigenvalue weighted by Gasteiger charge is -2.22. The van der Waals surface area contributed by atoms with Crippen molar-refractivity contribution in [2.75, 3.05) is 14.2 Å². The minimum Gasteiger partial charge on any atom is -0.480 e. The van der Waals surface area contributed by atoms with Gasteiger partial charge in [-0.15, -0.1) is 0 Å². The zero-order valence-corrected chi connectivity index (χ0v) is 30.2. The van der Waals surface area contributed by atoms with E-state index < -0.39 is 15.7 Å². The van der Waals surface area contributed by atoms with E-state index >= 15 is 0 Å². The van der Waals surface area contributed by atoms with Gasteiger partial charge in [-0.2, -0.15) is 0 Å². The Labute approximate surface area is 294 Å². The molecule has 10 nitrogen and oxygen atoms in total. The highest BCUT2D eigenvalue weighted by Gasteiger charge is 2.25. The van der Waals surface area contributed by atoms with Crippen LogP contribution in [0.1, 0.15) is 70.8 Å². The Bertz CT molecular complexity index is 1830. The van der Waals surface area contributed by atoms with Gasteiger partial charge < -0.3 is 14.8 Å². The second-order valence-electron chi connectivity index (χ2n) is 12.6. The van der Waals surface area contributed by atoms with E-state index in [1.54, 1.807) is 19.5 Å². The fourth-order valence-corrected chi connectivity index (χ4v) is 6.93. The molecule has 0 spiro atoms. The molecule has 2 N–H and O–H groups in total. The van der Waals surface area contributed by atoms with Crippen LogP contribution in [0.5, 0.6) is 11.8 Å². The van der Waals surface area contributed by atoms with Gasteiger partial charge in [0.25, 0.3) is 0 Å². The minimum atomic E-state index is -1.31. The quantitative estimate of drug-likeness (QED) is 0.157. The van der Waals surface area contributed by atoms with E-state index in [9.17, 15) is 9.00 Å². The fourth-order valence-electron chi connectivity index (χ4n) is 5.50. The highest BCUT2D eigenvalue weighted by atomic mass is 35.5. The van der Waals surface area contributed by atoms with Crippen LogP contribution in [0, 0.1) is 0 Å². The first kappa shape index (κ1) is 35.7. The zero-order valence-electron chi connectivity index (χ0n) is 27.9. The topological polar surface area (TPSA) is 128 Å². The van der Waals surface area contributed by atoms with Crippen LogP contribution in [0.25, 0.3) is 33.6 Å². The molecule has 0 aliphatic carbocycles. The molecule has 2 aromatic carbocycles. The number of hydrogen-bond acceptors (Lipinski definition) is 8. The van der Waals surface area contributed by atoms with E-state index in [0.29, 0.717) is 74.0 Å². The summed E-state index contributed by atoms with van der Waals surface area (Å²) < 4.78 is 26.5. The number of nitrogens with zero attached hydrogens (tertiary/aromatic N) is 4. The molecule has 0 bridgehead atoms. The van der Waals surface area contributed by atoms with Crippen molar-refractivity contribution in [2.24, 2.45) is 0 Å². The van der Waals surface area contributed by atoms with Crippen LogP contribution in [0.3, 0.4) is 0 Å². The second kappa shape index (κ2) is 15.3. The van der Waals surface area contributed by atoms with Gasteiger partial charge in [0.15, 0.2) is 0 Å². The van der Waals surface area contributed by atoms with Gasteiger partial charge in [-0.3, -0.25) is 14.8 Å². The number of aromatic nitrogens is 4. The van der Waals surface area contributed by atoms with Crippen LogP contribution < -0.4 is 19.5 Å². The van der Waals surface area contributed by atoms with E-state index in [1.807, 2.05) is 64.1 Å². The van der Waals surface area contributed by atoms with E-state index in [4.69, 9.17) is 42.6 Å². The molecule has 48 heavy (non-hydrogen) atoms. The van der Waals surface area contributed by atoms with Crippen LogP contribution in [-0.4, -0.2) is 55.1 Å². The molecular weight excluding hydrogens is 671 g/mol. The van der Waals surface area contributed by atoms with E-state index in [0.717, 1.165) is 25.0 Å². The van der Waals surface area contributed by atoms with Crippen molar-refractivity contribution < 1.29 is 18.5 Å². The highest BCUT2D eigenvalue weighted by molar-refractivity contribution is 7.84. The van der Waals surface area contributed by atoms with Crippen LogP contribution in [0.15, 0.2) is 48.8 Å². The summed E-state index contributed by atoms with van der Waals surface area (Å²) in [5.74, 6) is 0.864. The van der Waals surface area contributed by atoms with Crippen LogP contribution >= 0.6 is 23.2 Å². The number of ether oxygens (including phenoxy) is 2. The number of benzene rings is 2. The SMILES string of the molecule is COc1nc(-c2cccc(-c3cccc(-c4cnc([C@@H](C)N[S@](=O)C(C)(C)C)c(OC)n4)c3Cl)c2Cl)cnc1CCC[C@@H]1CCC(=O)N1. The van der Waals surface area contributed by atoms with Crippen LogP contribution in [-0.2, 0) is 22.2 Å². The van der Waals surface area contributed by atoms with Gasteiger partial charge >= 0.3 is 0 Å².